The van der Waals surface area contributed by atoms with Gasteiger partial charge in [0.15, 0.2) is 6.10 Å². The van der Waals surface area contributed by atoms with Crippen molar-refractivity contribution >= 4 is 46.6 Å². The highest BCUT2D eigenvalue weighted by Crippen LogP contribution is 2.47. The number of halogens is 1. The Morgan fingerprint density at radius 2 is 1.84 bits per heavy atom. The number of para-hydroxylation sites is 1. The monoisotopic (exact) mass is 555 g/mol. The van der Waals surface area contributed by atoms with Crippen LogP contribution in [0.5, 0.6) is 5.75 Å². The highest BCUT2D eigenvalue weighted by molar-refractivity contribution is 7.99. The summed E-state index contributed by atoms with van der Waals surface area (Å²) in [4.78, 5) is 42.8. The van der Waals surface area contributed by atoms with Crippen molar-refractivity contribution in [3.05, 3.63) is 93.0 Å². The minimum atomic E-state index is -1.27. The topological polar surface area (TPSA) is 102 Å². The van der Waals surface area contributed by atoms with Gasteiger partial charge in [0.1, 0.15) is 11.3 Å². The van der Waals surface area contributed by atoms with Crippen LogP contribution in [0.3, 0.4) is 0 Å². The van der Waals surface area contributed by atoms with Crippen LogP contribution < -0.4 is 9.64 Å². The number of methoxy groups -OCH3 is 1. The summed E-state index contributed by atoms with van der Waals surface area (Å²) in [6.07, 6.45) is -1.27. The van der Waals surface area contributed by atoms with E-state index in [0.717, 1.165) is 16.5 Å². The lowest BCUT2D eigenvalue weighted by Gasteiger charge is -2.28. The van der Waals surface area contributed by atoms with E-state index in [2.05, 4.69) is 0 Å². The van der Waals surface area contributed by atoms with E-state index in [1.807, 2.05) is 55.4 Å². The zero-order valence-electron chi connectivity index (χ0n) is 21.0. The lowest BCUT2D eigenvalue weighted by atomic mass is 10.0. The van der Waals surface area contributed by atoms with Gasteiger partial charge in [-0.15, -0.1) is 11.8 Å². The van der Waals surface area contributed by atoms with Gasteiger partial charge in [0.25, 0.3) is 11.6 Å². The Bertz CT molecular complexity index is 1350. The molecule has 0 bridgehead atoms. The van der Waals surface area contributed by atoms with E-state index in [0.29, 0.717) is 24.5 Å². The largest absolute Gasteiger partial charge is 0.497 e. The Balaban J connectivity index is 1.80. The van der Waals surface area contributed by atoms with Crippen LogP contribution in [0.15, 0.2) is 71.6 Å². The summed E-state index contributed by atoms with van der Waals surface area (Å²) in [6, 6.07) is 18.4. The van der Waals surface area contributed by atoms with Gasteiger partial charge in [-0.1, -0.05) is 35.9 Å². The van der Waals surface area contributed by atoms with E-state index in [4.69, 9.17) is 21.1 Å². The molecule has 0 saturated carbocycles. The number of hydrogen-bond donors (Lipinski definition) is 0. The third-order valence-electron chi connectivity index (χ3n) is 6.02. The molecule has 198 valence electrons. The maximum absolute atomic E-state index is 14.1. The average molecular weight is 556 g/mol. The zero-order valence-corrected chi connectivity index (χ0v) is 22.6. The Labute approximate surface area is 229 Å². The molecule has 1 heterocycles. The van der Waals surface area contributed by atoms with Crippen molar-refractivity contribution in [2.24, 2.45) is 0 Å². The summed E-state index contributed by atoms with van der Waals surface area (Å²) >= 11 is 7.32. The second kappa shape index (κ2) is 11.8. The number of ether oxygens (including phenoxy) is 2. The minimum absolute atomic E-state index is 0.107. The van der Waals surface area contributed by atoms with Crippen molar-refractivity contribution in [2.45, 2.75) is 16.2 Å². The Kier molecular flexibility index (Phi) is 8.55. The van der Waals surface area contributed by atoms with Crippen LogP contribution >= 0.6 is 23.4 Å². The van der Waals surface area contributed by atoms with Crippen LogP contribution in [-0.2, 0) is 9.53 Å². The number of carbonyl (C=O) groups excluding carboxylic acids is 2. The standard InChI is InChI=1S/C27H26ClN3O6S/c1-29(2)14-15-30-21-6-4-5-7-23(21)38-25(17-8-11-19(36-3)12-9-17)24(26(30)32)37-27(33)20-13-10-18(28)16-22(20)31(34)35/h4-13,16,24-25H,14-15H2,1-3H3/t24-,25+/m1/s1. The van der Waals surface area contributed by atoms with Crippen LogP contribution in [-0.4, -0.2) is 62.1 Å². The highest BCUT2D eigenvalue weighted by atomic mass is 35.5. The van der Waals surface area contributed by atoms with Gasteiger partial charge in [0.05, 0.1) is 23.0 Å². The quantitative estimate of drug-likeness (QED) is 0.212. The second-order valence-electron chi connectivity index (χ2n) is 8.82. The molecule has 0 fully saturated rings. The molecule has 0 aromatic heterocycles. The fourth-order valence-electron chi connectivity index (χ4n) is 4.07. The van der Waals surface area contributed by atoms with Crippen molar-refractivity contribution in [3.63, 3.8) is 0 Å². The number of nitro benzene ring substituents is 1. The summed E-state index contributed by atoms with van der Waals surface area (Å²) in [6.45, 7) is 0.926. The van der Waals surface area contributed by atoms with Gasteiger partial charge in [-0.3, -0.25) is 14.9 Å². The summed E-state index contributed by atoms with van der Waals surface area (Å²) in [5.41, 5.74) is 0.660. The predicted molar refractivity (Wildman–Crippen MR) is 146 cm³/mol. The fourth-order valence-corrected chi connectivity index (χ4v) is 5.55. The molecule has 1 aliphatic heterocycles. The summed E-state index contributed by atoms with van der Waals surface area (Å²) in [5, 5.41) is 11.1. The van der Waals surface area contributed by atoms with E-state index in [-0.39, 0.29) is 10.6 Å². The first-order chi connectivity index (χ1) is 18.2. The van der Waals surface area contributed by atoms with Crippen LogP contribution in [0.1, 0.15) is 21.2 Å². The Hall–Kier alpha value is -3.60. The smallest absolute Gasteiger partial charge is 0.346 e. The first-order valence-corrected chi connectivity index (χ1v) is 13.0. The Morgan fingerprint density at radius 3 is 2.50 bits per heavy atom. The number of likely N-dealkylation sites (N-methyl/N-ethyl adjacent to an activating group) is 1. The summed E-state index contributed by atoms with van der Waals surface area (Å²) in [7, 11) is 5.36. The zero-order chi connectivity index (χ0) is 27.4. The van der Waals surface area contributed by atoms with Crippen molar-refractivity contribution in [1.82, 2.24) is 4.90 Å². The maximum atomic E-state index is 14.1. The average Bonchev–Trinajstić information content (AvgIpc) is 3.01. The van der Waals surface area contributed by atoms with Crippen LogP contribution in [0.2, 0.25) is 5.02 Å². The molecule has 4 rings (SSSR count). The molecule has 3 aromatic rings. The molecule has 11 heteroatoms. The van der Waals surface area contributed by atoms with E-state index in [1.54, 1.807) is 24.1 Å². The number of thioether (sulfide) groups is 1. The maximum Gasteiger partial charge on any atom is 0.346 e. The number of nitrogens with zero attached hydrogens (tertiary/aromatic N) is 3. The number of esters is 1. The van der Waals surface area contributed by atoms with Gasteiger partial charge in [-0.25, -0.2) is 4.79 Å². The molecule has 0 saturated heterocycles. The van der Waals surface area contributed by atoms with E-state index in [9.17, 15) is 19.7 Å². The van der Waals surface area contributed by atoms with Gasteiger partial charge < -0.3 is 19.3 Å². The molecule has 3 aromatic carbocycles. The SMILES string of the molecule is COc1ccc([C@@H]2Sc3ccccc3N(CCN(C)C)C(=O)[C@@H]2OC(=O)c2ccc(Cl)cc2[N+](=O)[O-])cc1. The molecule has 38 heavy (non-hydrogen) atoms. The van der Waals surface area contributed by atoms with E-state index >= 15 is 0 Å². The lowest BCUT2D eigenvalue weighted by molar-refractivity contribution is -0.385. The number of anilines is 1. The number of amides is 1. The first-order valence-electron chi connectivity index (χ1n) is 11.7. The van der Waals surface area contributed by atoms with Crippen molar-refractivity contribution < 1.29 is 24.0 Å². The normalized spacial score (nSPS) is 17.1. The molecule has 0 N–H and O–H groups in total. The Morgan fingerprint density at radius 1 is 1.13 bits per heavy atom. The molecule has 0 radical (unpaired) electrons. The third-order valence-corrected chi connectivity index (χ3v) is 7.63. The number of hydrogen-bond acceptors (Lipinski definition) is 8. The molecule has 0 unspecified atom stereocenters. The van der Waals surface area contributed by atoms with Gasteiger partial charge in [-0.05, 0) is 56.1 Å². The van der Waals surface area contributed by atoms with Crippen LogP contribution in [0.4, 0.5) is 11.4 Å². The number of carbonyl (C=O) groups is 2. The molecule has 2 atom stereocenters. The number of rotatable bonds is 8. The van der Waals surface area contributed by atoms with Gasteiger partial charge in [-0.2, -0.15) is 0 Å². The highest BCUT2D eigenvalue weighted by Gasteiger charge is 2.42. The van der Waals surface area contributed by atoms with Crippen molar-refractivity contribution in [2.75, 3.05) is 39.2 Å². The lowest BCUT2D eigenvalue weighted by Crippen LogP contribution is -2.45. The van der Waals surface area contributed by atoms with E-state index in [1.165, 1.54) is 23.9 Å². The van der Waals surface area contributed by atoms with Crippen molar-refractivity contribution in [1.29, 1.82) is 0 Å². The van der Waals surface area contributed by atoms with Crippen LogP contribution in [0.25, 0.3) is 0 Å². The van der Waals surface area contributed by atoms with Crippen molar-refractivity contribution in [3.8, 4) is 5.75 Å². The molecular formula is C27H26ClN3O6S. The minimum Gasteiger partial charge on any atom is -0.497 e. The third kappa shape index (κ3) is 5.93. The van der Waals surface area contributed by atoms with Crippen LogP contribution in [0, 0.1) is 10.1 Å². The van der Waals surface area contributed by atoms with Gasteiger partial charge in [0, 0.05) is 29.1 Å². The first kappa shape index (κ1) is 27.4. The number of fused-ring (bicyclic) bond motifs is 1. The molecule has 9 nitrogen and oxygen atoms in total. The second-order valence-corrected chi connectivity index (χ2v) is 10.4. The number of benzene rings is 3. The summed E-state index contributed by atoms with van der Waals surface area (Å²) < 4.78 is 11.1. The molecular weight excluding hydrogens is 530 g/mol. The van der Waals surface area contributed by atoms with Gasteiger partial charge in [0.2, 0.25) is 0 Å². The molecule has 1 amide bonds. The predicted octanol–water partition coefficient (Wildman–Crippen LogP) is 5.22. The molecule has 1 aliphatic rings. The summed E-state index contributed by atoms with van der Waals surface area (Å²) in [5.74, 6) is -0.767. The fraction of sp³-hybridized carbons (Fsp3) is 0.259. The molecule has 0 spiro atoms. The number of nitro groups is 1. The van der Waals surface area contributed by atoms with E-state index < -0.39 is 33.8 Å². The molecule has 0 aliphatic carbocycles. The van der Waals surface area contributed by atoms with Gasteiger partial charge >= 0.3 is 5.97 Å².